The molecule has 0 aromatic heterocycles. The number of ether oxygens (including phenoxy) is 2. The molecule has 1 atom stereocenters. The monoisotopic (exact) mass is 440 g/mol. The Labute approximate surface area is 195 Å². The van der Waals surface area contributed by atoms with Gasteiger partial charge in [-0.2, -0.15) is 0 Å². The number of esters is 2. The topological polar surface area (TPSA) is 52.6 Å². The van der Waals surface area contributed by atoms with Gasteiger partial charge in [-0.05, 0) is 53.3 Å². The van der Waals surface area contributed by atoms with E-state index in [1.54, 1.807) is 19.1 Å². The highest BCUT2D eigenvalue weighted by molar-refractivity contribution is 5.88. The van der Waals surface area contributed by atoms with Gasteiger partial charge >= 0.3 is 11.9 Å². The molecule has 0 saturated carbocycles. The Morgan fingerprint density at radius 3 is 1.73 bits per heavy atom. The van der Waals surface area contributed by atoms with Crippen molar-refractivity contribution in [2.45, 2.75) is 26.2 Å². The summed E-state index contributed by atoms with van der Waals surface area (Å²) in [5.74, 6) is -0.176. The van der Waals surface area contributed by atoms with Gasteiger partial charge in [-0.25, -0.2) is 9.59 Å². The van der Waals surface area contributed by atoms with Crippen LogP contribution in [0.1, 0.15) is 31.7 Å². The number of carbonyl (C=O) groups is 2. The second-order valence-corrected chi connectivity index (χ2v) is 7.83. The zero-order valence-corrected chi connectivity index (χ0v) is 19.0. The highest BCUT2D eigenvalue weighted by Gasteiger charge is 2.12. The maximum Gasteiger partial charge on any atom is 0.338 e. The number of hydrogen-bond acceptors (Lipinski definition) is 4. The van der Waals surface area contributed by atoms with Gasteiger partial charge in [0.1, 0.15) is 5.75 Å². The summed E-state index contributed by atoms with van der Waals surface area (Å²) in [6.07, 6.45) is 2.07. The Kier molecular flexibility index (Phi) is 7.98. The molecular formula is C29H28O4. The molecule has 4 heteroatoms. The quantitative estimate of drug-likeness (QED) is 0.210. The fourth-order valence-electron chi connectivity index (χ4n) is 3.40. The third-order valence-electron chi connectivity index (χ3n) is 5.43. The molecule has 0 aliphatic rings. The van der Waals surface area contributed by atoms with E-state index in [2.05, 4.69) is 68.6 Å². The average molecular weight is 441 g/mol. The lowest BCUT2D eigenvalue weighted by Gasteiger charge is -2.15. The first-order chi connectivity index (χ1) is 15.9. The van der Waals surface area contributed by atoms with Crippen molar-refractivity contribution in [2.75, 3.05) is 6.61 Å². The molecule has 0 bridgehead atoms. The second-order valence-electron chi connectivity index (χ2n) is 7.83. The predicted octanol–water partition coefficient (Wildman–Crippen LogP) is 6.72. The van der Waals surface area contributed by atoms with E-state index >= 15 is 0 Å². The first-order valence-corrected chi connectivity index (χ1v) is 10.9. The van der Waals surface area contributed by atoms with Crippen molar-refractivity contribution in [1.82, 2.24) is 0 Å². The molecule has 0 fully saturated rings. The molecule has 0 aliphatic carbocycles. The van der Waals surface area contributed by atoms with Gasteiger partial charge in [0.15, 0.2) is 0 Å². The molecule has 33 heavy (non-hydrogen) atoms. The second kappa shape index (κ2) is 11.1. The lowest BCUT2D eigenvalue weighted by atomic mass is 9.94. The maximum atomic E-state index is 11.6. The minimum absolute atomic E-state index is 0.156. The Morgan fingerprint density at radius 1 is 0.848 bits per heavy atom. The summed E-state index contributed by atoms with van der Waals surface area (Å²) >= 11 is 0. The van der Waals surface area contributed by atoms with E-state index in [4.69, 9.17) is 9.47 Å². The summed E-state index contributed by atoms with van der Waals surface area (Å²) in [6.45, 7) is 11.1. The summed E-state index contributed by atoms with van der Waals surface area (Å²) in [4.78, 5) is 23.0. The van der Waals surface area contributed by atoms with E-state index in [1.165, 1.54) is 6.08 Å². The summed E-state index contributed by atoms with van der Waals surface area (Å²) in [6, 6.07) is 24.1. The van der Waals surface area contributed by atoms with Gasteiger partial charge in [0.05, 0.1) is 6.61 Å². The Hall–Kier alpha value is -3.92. The van der Waals surface area contributed by atoms with Crippen LogP contribution >= 0.6 is 0 Å². The summed E-state index contributed by atoms with van der Waals surface area (Å²) in [7, 11) is 0. The highest BCUT2D eigenvalue weighted by Crippen LogP contribution is 2.28. The number of carbonyl (C=O) groups excluding carboxylic acids is 2. The number of benzene rings is 3. The Morgan fingerprint density at radius 2 is 1.30 bits per heavy atom. The van der Waals surface area contributed by atoms with Crippen LogP contribution in [0.3, 0.4) is 0 Å². The predicted molar refractivity (Wildman–Crippen MR) is 132 cm³/mol. The van der Waals surface area contributed by atoms with Crippen molar-refractivity contribution < 1.29 is 19.1 Å². The van der Waals surface area contributed by atoms with Crippen LogP contribution in [0.4, 0.5) is 0 Å². The van der Waals surface area contributed by atoms with Crippen LogP contribution in [-0.4, -0.2) is 18.5 Å². The molecule has 0 aliphatic heterocycles. The fourth-order valence-corrected chi connectivity index (χ4v) is 3.40. The first-order valence-electron chi connectivity index (χ1n) is 10.9. The van der Waals surface area contributed by atoms with E-state index in [1.807, 2.05) is 12.1 Å². The average Bonchev–Trinajstić information content (AvgIpc) is 2.85. The summed E-state index contributed by atoms with van der Waals surface area (Å²) < 4.78 is 10.5. The van der Waals surface area contributed by atoms with Crippen LogP contribution in [0.5, 0.6) is 5.75 Å². The van der Waals surface area contributed by atoms with Crippen molar-refractivity contribution in [1.29, 1.82) is 0 Å². The third kappa shape index (κ3) is 6.30. The standard InChI is InChI=1S/C29H28O4/c1-5-21(19-32-28(30)6-2)22-7-9-23(10-8-22)24-11-13-25(14-12-24)26-15-17-27(18-16-26)33-29(31)20(3)4/h6-18,21H,2-3,5,19H2,1,4H3. The molecule has 0 radical (unpaired) electrons. The largest absolute Gasteiger partial charge is 0.462 e. The smallest absolute Gasteiger partial charge is 0.338 e. The van der Waals surface area contributed by atoms with Gasteiger partial charge in [0.25, 0.3) is 0 Å². The molecule has 3 aromatic rings. The molecule has 0 saturated heterocycles. The lowest BCUT2D eigenvalue weighted by molar-refractivity contribution is -0.138. The van der Waals surface area contributed by atoms with Crippen molar-refractivity contribution in [2.24, 2.45) is 0 Å². The Balaban J connectivity index is 1.68. The minimum Gasteiger partial charge on any atom is -0.462 e. The zero-order valence-electron chi connectivity index (χ0n) is 19.0. The van der Waals surface area contributed by atoms with Gasteiger partial charge in [-0.1, -0.05) is 80.7 Å². The molecule has 0 spiro atoms. The van der Waals surface area contributed by atoms with Gasteiger partial charge in [-0.3, -0.25) is 0 Å². The molecule has 0 heterocycles. The van der Waals surface area contributed by atoms with Gasteiger partial charge < -0.3 is 9.47 Å². The number of hydrogen-bond donors (Lipinski definition) is 0. The Bertz CT molecular complexity index is 1120. The van der Waals surface area contributed by atoms with Gasteiger partial charge in [0, 0.05) is 17.6 Å². The van der Waals surface area contributed by atoms with Crippen LogP contribution in [0, 0.1) is 0 Å². The van der Waals surface area contributed by atoms with Crippen LogP contribution in [0.15, 0.2) is 97.6 Å². The molecule has 168 valence electrons. The van der Waals surface area contributed by atoms with E-state index in [0.29, 0.717) is 17.9 Å². The van der Waals surface area contributed by atoms with E-state index in [-0.39, 0.29) is 5.92 Å². The van der Waals surface area contributed by atoms with Crippen molar-refractivity contribution in [3.8, 4) is 28.0 Å². The SMILES string of the molecule is C=CC(=O)OCC(CC)c1ccc(-c2ccc(-c3ccc(OC(=O)C(=C)C)cc3)cc2)cc1. The molecule has 0 amide bonds. The fraction of sp³-hybridized carbons (Fsp3) is 0.172. The number of rotatable bonds is 9. The van der Waals surface area contributed by atoms with Gasteiger partial charge in [-0.15, -0.1) is 0 Å². The van der Waals surface area contributed by atoms with Crippen molar-refractivity contribution in [3.63, 3.8) is 0 Å². The zero-order chi connectivity index (χ0) is 23.8. The molecule has 1 unspecified atom stereocenters. The first kappa shape index (κ1) is 23.7. The molecule has 3 rings (SSSR count). The molecule has 3 aromatic carbocycles. The van der Waals surface area contributed by atoms with Crippen LogP contribution in [0.25, 0.3) is 22.3 Å². The molecule has 0 N–H and O–H groups in total. The van der Waals surface area contributed by atoms with E-state index in [0.717, 1.165) is 34.2 Å². The van der Waals surface area contributed by atoms with Crippen molar-refractivity contribution >= 4 is 11.9 Å². The minimum atomic E-state index is -0.429. The lowest BCUT2D eigenvalue weighted by Crippen LogP contribution is -2.10. The van der Waals surface area contributed by atoms with E-state index < -0.39 is 11.9 Å². The maximum absolute atomic E-state index is 11.6. The summed E-state index contributed by atoms with van der Waals surface area (Å²) in [5.41, 5.74) is 5.84. The summed E-state index contributed by atoms with van der Waals surface area (Å²) in [5, 5.41) is 0. The molecular weight excluding hydrogens is 412 g/mol. The van der Waals surface area contributed by atoms with E-state index in [9.17, 15) is 9.59 Å². The van der Waals surface area contributed by atoms with Crippen LogP contribution in [0.2, 0.25) is 0 Å². The van der Waals surface area contributed by atoms with Gasteiger partial charge in [0.2, 0.25) is 0 Å². The van der Waals surface area contributed by atoms with Crippen molar-refractivity contribution in [3.05, 3.63) is 103 Å². The molecule has 4 nitrogen and oxygen atoms in total. The third-order valence-corrected chi connectivity index (χ3v) is 5.43. The highest BCUT2D eigenvalue weighted by atomic mass is 16.5. The normalized spacial score (nSPS) is 11.3. The van der Waals surface area contributed by atoms with Crippen LogP contribution < -0.4 is 4.74 Å². The van der Waals surface area contributed by atoms with Crippen LogP contribution in [-0.2, 0) is 14.3 Å².